The molecule has 7 heteroatoms. The molecule has 5 nitrogen and oxygen atoms in total. The molecule has 0 radical (unpaired) electrons. The molecule has 2 N–H and O–H groups in total. The van der Waals surface area contributed by atoms with Crippen molar-refractivity contribution in [2.45, 2.75) is 39.7 Å². The fourth-order valence-electron chi connectivity index (χ4n) is 2.69. The summed E-state index contributed by atoms with van der Waals surface area (Å²) in [5.41, 5.74) is 3.11. The minimum Gasteiger partial charge on any atom is -0.496 e. The fourth-order valence-corrected chi connectivity index (χ4v) is 3.54. The number of hydrogen-bond donors (Lipinski definition) is 2. The monoisotopic (exact) mass is 488 g/mol. The molecule has 0 aliphatic carbocycles. The van der Waals surface area contributed by atoms with Crippen LogP contribution in [-0.4, -0.2) is 31.6 Å². The van der Waals surface area contributed by atoms with Gasteiger partial charge in [-0.15, -0.1) is 35.3 Å². The standard InChI is InChI=1S/C19H28N4OS.HI/c1-13-10-21-15(14(2)17(13)24-6)11-22-18(20-5)23-12-19(3,4)16-8-7-9-25-16;/h7-10H,11-12H2,1-6H3,(H2,20,22,23);1H. The molecule has 144 valence electrons. The average Bonchev–Trinajstić information content (AvgIpc) is 3.12. The lowest BCUT2D eigenvalue weighted by atomic mass is 9.91. The van der Waals surface area contributed by atoms with E-state index in [4.69, 9.17) is 4.74 Å². The Hall–Kier alpha value is -1.35. The number of aryl methyl sites for hydroxylation is 1. The molecule has 2 rings (SSSR count). The maximum absolute atomic E-state index is 5.47. The lowest BCUT2D eigenvalue weighted by Crippen LogP contribution is -2.43. The van der Waals surface area contributed by atoms with E-state index < -0.39 is 0 Å². The van der Waals surface area contributed by atoms with Crippen LogP contribution in [0.15, 0.2) is 28.7 Å². The van der Waals surface area contributed by atoms with Crippen molar-refractivity contribution in [2.75, 3.05) is 20.7 Å². The molecular weight excluding hydrogens is 459 g/mol. The number of thiophene rings is 1. The molecule has 0 saturated carbocycles. The van der Waals surface area contributed by atoms with Gasteiger partial charge in [0.2, 0.25) is 0 Å². The molecule has 0 unspecified atom stereocenters. The van der Waals surface area contributed by atoms with Crippen LogP contribution in [0.2, 0.25) is 0 Å². The van der Waals surface area contributed by atoms with Crippen molar-refractivity contribution in [3.05, 3.63) is 45.4 Å². The molecule has 2 aromatic rings. The normalized spacial score (nSPS) is 11.7. The van der Waals surface area contributed by atoms with E-state index in [1.165, 1.54) is 4.88 Å². The Kier molecular flexibility index (Phi) is 8.82. The van der Waals surface area contributed by atoms with Crippen molar-refractivity contribution < 1.29 is 4.74 Å². The van der Waals surface area contributed by atoms with Crippen molar-refractivity contribution in [1.82, 2.24) is 15.6 Å². The van der Waals surface area contributed by atoms with E-state index >= 15 is 0 Å². The van der Waals surface area contributed by atoms with Crippen molar-refractivity contribution >= 4 is 41.3 Å². The van der Waals surface area contributed by atoms with Gasteiger partial charge in [-0.3, -0.25) is 9.98 Å². The highest BCUT2D eigenvalue weighted by molar-refractivity contribution is 14.0. The molecule has 2 heterocycles. The number of nitrogens with zero attached hydrogens (tertiary/aromatic N) is 2. The van der Waals surface area contributed by atoms with Gasteiger partial charge in [0.1, 0.15) is 5.75 Å². The van der Waals surface area contributed by atoms with Crippen molar-refractivity contribution in [1.29, 1.82) is 0 Å². The number of pyridine rings is 1. The van der Waals surface area contributed by atoms with Gasteiger partial charge in [-0.25, -0.2) is 0 Å². The second kappa shape index (κ2) is 10.1. The molecule has 0 aliphatic heterocycles. The molecule has 0 amide bonds. The lowest BCUT2D eigenvalue weighted by molar-refractivity contribution is 0.406. The molecule has 0 spiro atoms. The first-order chi connectivity index (χ1) is 11.9. The van der Waals surface area contributed by atoms with Crippen LogP contribution in [0, 0.1) is 13.8 Å². The Labute approximate surface area is 177 Å². The maximum Gasteiger partial charge on any atom is 0.191 e. The summed E-state index contributed by atoms with van der Waals surface area (Å²) < 4.78 is 5.47. The Balaban J connectivity index is 0.00000338. The van der Waals surface area contributed by atoms with Crippen LogP contribution >= 0.6 is 35.3 Å². The van der Waals surface area contributed by atoms with Gasteiger partial charge in [0, 0.05) is 41.2 Å². The van der Waals surface area contributed by atoms with Crippen LogP contribution in [0.4, 0.5) is 0 Å². The van der Waals surface area contributed by atoms with Gasteiger partial charge in [0.15, 0.2) is 5.96 Å². The molecule has 0 aromatic carbocycles. The first-order valence-electron chi connectivity index (χ1n) is 8.36. The molecule has 0 atom stereocenters. The number of nitrogens with one attached hydrogen (secondary N) is 2. The predicted octanol–water partition coefficient (Wildman–Crippen LogP) is 4.03. The Morgan fingerprint density at radius 1 is 1.31 bits per heavy atom. The second-order valence-corrected chi connectivity index (χ2v) is 7.63. The van der Waals surface area contributed by atoms with Crippen LogP contribution in [0.1, 0.15) is 35.5 Å². The summed E-state index contributed by atoms with van der Waals surface area (Å²) in [6.07, 6.45) is 1.85. The second-order valence-electron chi connectivity index (χ2n) is 6.69. The van der Waals surface area contributed by atoms with Gasteiger partial charge in [-0.1, -0.05) is 19.9 Å². The van der Waals surface area contributed by atoms with E-state index in [-0.39, 0.29) is 29.4 Å². The molecule has 0 fully saturated rings. The smallest absolute Gasteiger partial charge is 0.191 e. The summed E-state index contributed by atoms with van der Waals surface area (Å²) in [7, 11) is 3.48. The number of hydrogen-bond acceptors (Lipinski definition) is 4. The van der Waals surface area contributed by atoms with Gasteiger partial charge in [0.25, 0.3) is 0 Å². The first-order valence-corrected chi connectivity index (χ1v) is 9.24. The SMILES string of the molecule is CN=C(NCc1ncc(C)c(OC)c1C)NCC(C)(C)c1cccs1.I. The summed E-state index contributed by atoms with van der Waals surface area (Å²) in [6.45, 7) is 9.90. The van der Waals surface area contributed by atoms with Crippen LogP contribution in [0.3, 0.4) is 0 Å². The third kappa shape index (κ3) is 5.57. The van der Waals surface area contributed by atoms with E-state index in [0.29, 0.717) is 6.54 Å². The Bertz CT molecular complexity index is 729. The van der Waals surface area contributed by atoms with Crippen molar-refractivity contribution in [2.24, 2.45) is 4.99 Å². The molecule has 0 aliphatic rings. The number of halogens is 1. The highest BCUT2D eigenvalue weighted by Gasteiger charge is 2.22. The highest BCUT2D eigenvalue weighted by Crippen LogP contribution is 2.26. The summed E-state index contributed by atoms with van der Waals surface area (Å²) in [6, 6.07) is 4.27. The topological polar surface area (TPSA) is 58.5 Å². The van der Waals surface area contributed by atoms with E-state index in [2.05, 4.69) is 52.0 Å². The largest absolute Gasteiger partial charge is 0.496 e. The van der Waals surface area contributed by atoms with Crippen molar-refractivity contribution in [3.63, 3.8) is 0 Å². The summed E-state index contributed by atoms with van der Waals surface area (Å²) >= 11 is 1.78. The first kappa shape index (κ1) is 22.7. The van der Waals surface area contributed by atoms with E-state index in [0.717, 1.165) is 35.1 Å². The van der Waals surface area contributed by atoms with E-state index in [9.17, 15) is 0 Å². The number of methoxy groups -OCH3 is 1. The minimum absolute atomic E-state index is 0. The van der Waals surface area contributed by atoms with Crippen LogP contribution in [0.5, 0.6) is 5.75 Å². The van der Waals surface area contributed by atoms with Gasteiger partial charge in [-0.05, 0) is 25.3 Å². The lowest BCUT2D eigenvalue weighted by Gasteiger charge is -2.25. The molecular formula is C19H29IN4OS. The van der Waals surface area contributed by atoms with Gasteiger partial charge >= 0.3 is 0 Å². The van der Waals surface area contributed by atoms with Crippen LogP contribution < -0.4 is 15.4 Å². The number of aliphatic imine (C=N–C) groups is 1. The number of rotatable bonds is 6. The van der Waals surface area contributed by atoms with Gasteiger partial charge in [0.05, 0.1) is 19.3 Å². The highest BCUT2D eigenvalue weighted by atomic mass is 127. The number of guanidine groups is 1. The zero-order valence-electron chi connectivity index (χ0n) is 16.3. The maximum atomic E-state index is 5.47. The summed E-state index contributed by atoms with van der Waals surface area (Å²) in [5.74, 6) is 1.67. The number of ether oxygens (including phenoxy) is 1. The van der Waals surface area contributed by atoms with Gasteiger partial charge < -0.3 is 15.4 Å². The minimum atomic E-state index is 0. The quantitative estimate of drug-likeness (QED) is 0.366. The van der Waals surface area contributed by atoms with Crippen LogP contribution in [-0.2, 0) is 12.0 Å². The van der Waals surface area contributed by atoms with Crippen molar-refractivity contribution in [3.8, 4) is 5.75 Å². The fraction of sp³-hybridized carbons (Fsp3) is 0.474. The third-order valence-corrected chi connectivity index (χ3v) is 5.52. The molecule has 0 saturated heterocycles. The summed E-state index contributed by atoms with van der Waals surface area (Å²) in [4.78, 5) is 10.2. The molecule has 2 aromatic heterocycles. The zero-order valence-corrected chi connectivity index (χ0v) is 19.5. The zero-order chi connectivity index (χ0) is 18.4. The predicted molar refractivity (Wildman–Crippen MR) is 121 cm³/mol. The van der Waals surface area contributed by atoms with E-state index in [1.54, 1.807) is 25.5 Å². The summed E-state index contributed by atoms with van der Waals surface area (Å²) in [5, 5.41) is 8.87. The van der Waals surface area contributed by atoms with E-state index in [1.807, 2.05) is 20.0 Å². The van der Waals surface area contributed by atoms with Crippen LogP contribution in [0.25, 0.3) is 0 Å². The molecule has 0 bridgehead atoms. The average molecular weight is 488 g/mol. The van der Waals surface area contributed by atoms with Gasteiger partial charge in [-0.2, -0.15) is 0 Å². The number of aromatic nitrogens is 1. The molecule has 26 heavy (non-hydrogen) atoms. The third-order valence-electron chi connectivity index (χ3n) is 4.28. The Morgan fingerprint density at radius 3 is 2.62 bits per heavy atom. The Morgan fingerprint density at radius 2 is 2.04 bits per heavy atom.